The molecule has 2 amide bonds. The maximum Gasteiger partial charge on any atom is 0.242 e. The van der Waals surface area contributed by atoms with Crippen LogP contribution in [0.2, 0.25) is 5.02 Å². The lowest BCUT2D eigenvalue weighted by molar-refractivity contribution is -0.139. The van der Waals surface area contributed by atoms with Crippen molar-refractivity contribution < 1.29 is 14.0 Å². The van der Waals surface area contributed by atoms with Gasteiger partial charge in [0, 0.05) is 22.9 Å². The van der Waals surface area contributed by atoms with Crippen LogP contribution in [0.1, 0.15) is 38.8 Å². The number of hydrogen-bond acceptors (Lipinski definition) is 3. The molecule has 0 saturated heterocycles. The van der Waals surface area contributed by atoms with Crippen molar-refractivity contribution in [3.05, 3.63) is 70.5 Å². The molecule has 0 bridgehead atoms. The minimum atomic E-state index is -0.626. The molecule has 1 N–H and O–H groups in total. The molecule has 2 rings (SSSR count). The SMILES string of the molecule is C[C@@H](C(=O)NC(C)(C)C)N(Cc1ccc(Cl)cc1)C(=O)CSCc1ccc(F)cc1. The number of hydrogen-bond donors (Lipinski definition) is 1. The van der Waals surface area contributed by atoms with Crippen LogP contribution in [-0.2, 0) is 21.9 Å². The molecule has 0 aliphatic heterocycles. The van der Waals surface area contributed by atoms with Gasteiger partial charge in [0.15, 0.2) is 0 Å². The van der Waals surface area contributed by atoms with E-state index in [4.69, 9.17) is 11.6 Å². The third-order valence-electron chi connectivity index (χ3n) is 4.34. The lowest BCUT2D eigenvalue weighted by atomic mass is 10.1. The van der Waals surface area contributed by atoms with E-state index in [1.807, 2.05) is 32.9 Å². The van der Waals surface area contributed by atoms with Crippen molar-refractivity contribution in [3.63, 3.8) is 0 Å². The molecule has 2 aromatic rings. The Morgan fingerprint density at radius 3 is 2.20 bits per heavy atom. The van der Waals surface area contributed by atoms with E-state index in [-0.39, 0.29) is 23.4 Å². The highest BCUT2D eigenvalue weighted by atomic mass is 35.5. The molecule has 0 saturated carbocycles. The first-order chi connectivity index (χ1) is 14.0. The van der Waals surface area contributed by atoms with Gasteiger partial charge in [-0.05, 0) is 63.1 Å². The Balaban J connectivity index is 2.08. The molecule has 4 nitrogen and oxygen atoms in total. The van der Waals surface area contributed by atoms with Gasteiger partial charge >= 0.3 is 0 Å². The number of halogens is 2. The van der Waals surface area contributed by atoms with Crippen molar-refractivity contribution in [2.45, 2.75) is 51.6 Å². The summed E-state index contributed by atoms with van der Waals surface area (Å²) in [5.41, 5.74) is 1.45. The zero-order valence-electron chi connectivity index (χ0n) is 17.7. The van der Waals surface area contributed by atoms with Crippen LogP contribution in [0, 0.1) is 5.82 Å². The fourth-order valence-corrected chi connectivity index (χ4v) is 3.76. The lowest BCUT2D eigenvalue weighted by Crippen LogP contribution is -2.52. The topological polar surface area (TPSA) is 49.4 Å². The molecule has 2 aromatic carbocycles. The van der Waals surface area contributed by atoms with Crippen molar-refractivity contribution in [2.24, 2.45) is 0 Å². The Morgan fingerprint density at radius 2 is 1.63 bits per heavy atom. The third-order valence-corrected chi connectivity index (χ3v) is 5.58. The first-order valence-electron chi connectivity index (χ1n) is 9.73. The molecule has 0 unspecified atom stereocenters. The summed E-state index contributed by atoms with van der Waals surface area (Å²) in [6.45, 7) is 7.76. The molecule has 0 spiro atoms. The molecule has 0 radical (unpaired) electrons. The van der Waals surface area contributed by atoms with Crippen molar-refractivity contribution >= 4 is 35.2 Å². The van der Waals surface area contributed by atoms with Gasteiger partial charge in [-0.3, -0.25) is 9.59 Å². The Labute approximate surface area is 187 Å². The predicted octanol–water partition coefficient (Wildman–Crippen LogP) is 5.04. The van der Waals surface area contributed by atoms with E-state index in [9.17, 15) is 14.0 Å². The number of amides is 2. The molecule has 0 heterocycles. The summed E-state index contributed by atoms with van der Waals surface area (Å²) in [6, 6.07) is 12.8. The maximum atomic E-state index is 13.0. The molecular weight excluding hydrogens is 423 g/mol. The highest BCUT2D eigenvalue weighted by Crippen LogP contribution is 2.18. The average molecular weight is 451 g/mol. The van der Waals surface area contributed by atoms with Gasteiger partial charge in [-0.2, -0.15) is 0 Å². The summed E-state index contributed by atoms with van der Waals surface area (Å²) in [5.74, 6) is 0.191. The average Bonchev–Trinajstić information content (AvgIpc) is 2.67. The second kappa shape index (κ2) is 10.8. The molecule has 1 atom stereocenters. The molecule has 7 heteroatoms. The minimum absolute atomic E-state index is 0.131. The number of carbonyl (C=O) groups is 2. The van der Waals surface area contributed by atoms with Gasteiger partial charge in [-0.1, -0.05) is 35.9 Å². The Hall–Kier alpha value is -2.05. The second-order valence-corrected chi connectivity index (χ2v) is 9.60. The van der Waals surface area contributed by atoms with E-state index < -0.39 is 11.6 Å². The Bertz CT molecular complexity index is 851. The van der Waals surface area contributed by atoms with E-state index in [0.717, 1.165) is 11.1 Å². The van der Waals surface area contributed by atoms with Gasteiger partial charge in [0.25, 0.3) is 0 Å². The van der Waals surface area contributed by atoms with E-state index in [2.05, 4.69) is 5.32 Å². The van der Waals surface area contributed by atoms with E-state index in [1.54, 1.807) is 36.1 Å². The largest absolute Gasteiger partial charge is 0.350 e. The second-order valence-electron chi connectivity index (χ2n) is 8.18. The van der Waals surface area contributed by atoms with Crippen molar-refractivity contribution in [2.75, 3.05) is 5.75 Å². The summed E-state index contributed by atoms with van der Waals surface area (Å²) in [6.07, 6.45) is 0. The maximum absolute atomic E-state index is 13.0. The molecule has 0 aliphatic rings. The van der Waals surface area contributed by atoms with Crippen LogP contribution in [-0.4, -0.2) is 34.0 Å². The van der Waals surface area contributed by atoms with Crippen LogP contribution >= 0.6 is 23.4 Å². The van der Waals surface area contributed by atoms with Crippen molar-refractivity contribution in [3.8, 4) is 0 Å². The molecule has 0 aliphatic carbocycles. The number of nitrogens with zero attached hydrogens (tertiary/aromatic N) is 1. The van der Waals surface area contributed by atoms with Crippen LogP contribution in [0.3, 0.4) is 0 Å². The third kappa shape index (κ3) is 8.00. The fraction of sp³-hybridized carbons (Fsp3) is 0.391. The monoisotopic (exact) mass is 450 g/mol. The van der Waals surface area contributed by atoms with E-state index in [0.29, 0.717) is 17.3 Å². The molecule has 30 heavy (non-hydrogen) atoms. The van der Waals surface area contributed by atoms with Gasteiger partial charge in [0.1, 0.15) is 11.9 Å². The van der Waals surface area contributed by atoms with Gasteiger partial charge in [0.2, 0.25) is 11.8 Å². The zero-order valence-corrected chi connectivity index (χ0v) is 19.3. The summed E-state index contributed by atoms with van der Waals surface area (Å²) < 4.78 is 13.0. The van der Waals surface area contributed by atoms with Crippen LogP contribution < -0.4 is 5.32 Å². The summed E-state index contributed by atoms with van der Waals surface area (Å²) in [4.78, 5) is 27.3. The summed E-state index contributed by atoms with van der Waals surface area (Å²) in [7, 11) is 0. The van der Waals surface area contributed by atoms with Crippen LogP contribution in [0.15, 0.2) is 48.5 Å². The number of nitrogens with one attached hydrogen (secondary N) is 1. The first kappa shape index (κ1) is 24.2. The number of rotatable bonds is 8. The van der Waals surface area contributed by atoms with E-state index in [1.165, 1.54) is 23.9 Å². The van der Waals surface area contributed by atoms with Gasteiger partial charge in [-0.15, -0.1) is 11.8 Å². The Kier molecular flexibility index (Phi) is 8.74. The number of benzene rings is 2. The van der Waals surface area contributed by atoms with Gasteiger partial charge < -0.3 is 10.2 Å². The van der Waals surface area contributed by atoms with Gasteiger partial charge in [0.05, 0.1) is 5.75 Å². The first-order valence-corrected chi connectivity index (χ1v) is 11.3. The Morgan fingerprint density at radius 1 is 1.07 bits per heavy atom. The van der Waals surface area contributed by atoms with Crippen LogP contribution in [0.5, 0.6) is 0 Å². The predicted molar refractivity (Wildman–Crippen MR) is 122 cm³/mol. The minimum Gasteiger partial charge on any atom is -0.350 e. The quantitative estimate of drug-likeness (QED) is 0.612. The smallest absolute Gasteiger partial charge is 0.242 e. The standard InChI is InChI=1S/C23H28ClFN2O2S/c1-16(22(29)26-23(2,3)4)27(13-17-5-9-19(24)10-6-17)21(28)15-30-14-18-7-11-20(25)12-8-18/h5-12,16H,13-15H2,1-4H3,(H,26,29)/t16-/m0/s1. The lowest BCUT2D eigenvalue weighted by Gasteiger charge is -2.31. The van der Waals surface area contributed by atoms with Crippen LogP contribution in [0.25, 0.3) is 0 Å². The fourth-order valence-electron chi connectivity index (χ4n) is 2.76. The summed E-state index contributed by atoms with van der Waals surface area (Å²) >= 11 is 7.40. The zero-order chi connectivity index (χ0) is 22.3. The van der Waals surface area contributed by atoms with Crippen molar-refractivity contribution in [1.29, 1.82) is 0 Å². The highest BCUT2D eigenvalue weighted by molar-refractivity contribution is 7.99. The highest BCUT2D eigenvalue weighted by Gasteiger charge is 2.28. The normalized spacial score (nSPS) is 12.3. The number of carbonyl (C=O) groups excluding carboxylic acids is 2. The van der Waals surface area contributed by atoms with Gasteiger partial charge in [-0.25, -0.2) is 4.39 Å². The molecule has 0 fully saturated rings. The molecule has 162 valence electrons. The van der Waals surface area contributed by atoms with Crippen LogP contribution in [0.4, 0.5) is 4.39 Å². The number of thioether (sulfide) groups is 1. The molecular formula is C23H28ClFN2O2S. The van der Waals surface area contributed by atoms with E-state index >= 15 is 0 Å². The summed E-state index contributed by atoms with van der Waals surface area (Å²) in [5, 5.41) is 3.56. The molecule has 0 aromatic heterocycles. The van der Waals surface area contributed by atoms with Crippen molar-refractivity contribution in [1.82, 2.24) is 10.2 Å².